The van der Waals surface area contributed by atoms with E-state index in [9.17, 15) is 24.0 Å². The molecule has 1 aliphatic heterocycles. The van der Waals surface area contributed by atoms with Gasteiger partial charge in [-0.25, -0.2) is 9.59 Å². The number of nitrogens with one attached hydrogen (secondary N) is 4. The van der Waals surface area contributed by atoms with Gasteiger partial charge in [0.1, 0.15) is 18.7 Å². The van der Waals surface area contributed by atoms with E-state index < -0.39 is 47.6 Å². The van der Waals surface area contributed by atoms with E-state index in [-0.39, 0.29) is 44.5 Å². The third kappa shape index (κ3) is 13.7. The Morgan fingerprint density at radius 1 is 0.894 bits per heavy atom. The average Bonchev–Trinajstić information content (AvgIpc) is 3.44. The molecule has 2 aromatic rings. The Balaban J connectivity index is 1.79. The number of rotatable bonds is 16. The fraction of sp³-hybridized carbons (Fsp3) is 0.457. The van der Waals surface area contributed by atoms with Crippen LogP contribution in [0.15, 0.2) is 72.8 Å². The lowest BCUT2D eigenvalue weighted by atomic mass is 9.97. The highest BCUT2D eigenvalue weighted by molar-refractivity contribution is 5.92. The zero-order chi connectivity index (χ0) is 34.2. The van der Waals surface area contributed by atoms with E-state index in [4.69, 9.17) is 14.2 Å². The van der Waals surface area contributed by atoms with Crippen LogP contribution in [0.4, 0.5) is 4.79 Å². The maximum absolute atomic E-state index is 13.8. The van der Waals surface area contributed by atoms with Crippen LogP contribution in [0.2, 0.25) is 0 Å². The summed E-state index contributed by atoms with van der Waals surface area (Å²) in [5.74, 6) is -2.27. The van der Waals surface area contributed by atoms with Gasteiger partial charge in [-0.15, -0.1) is 0 Å². The van der Waals surface area contributed by atoms with E-state index in [0.29, 0.717) is 13.0 Å². The molecule has 3 rings (SSSR count). The number of carbonyl (C=O) groups excluding carboxylic acids is 5. The summed E-state index contributed by atoms with van der Waals surface area (Å²) < 4.78 is 16.2. The molecule has 0 unspecified atom stereocenters. The molecule has 0 spiro atoms. The summed E-state index contributed by atoms with van der Waals surface area (Å²) in [6.07, 6.45) is 2.85. The maximum Gasteiger partial charge on any atom is 0.408 e. The van der Waals surface area contributed by atoms with Gasteiger partial charge in [-0.05, 0) is 51.7 Å². The monoisotopic (exact) mass is 650 g/mol. The van der Waals surface area contributed by atoms with Crippen LogP contribution in [0, 0.1) is 5.92 Å². The predicted molar refractivity (Wildman–Crippen MR) is 175 cm³/mol. The summed E-state index contributed by atoms with van der Waals surface area (Å²) in [7, 11) is 0. The van der Waals surface area contributed by atoms with Gasteiger partial charge in [-0.3, -0.25) is 14.4 Å². The third-order valence-electron chi connectivity index (χ3n) is 7.20. The second kappa shape index (κ2) is 18.4. The van der Waals surface area contributed by atoms with Crippen LogP contribution in [0.1, 0.15) is 51.7 Å². The van der Waals surface area contributed by atoms with Crippen molar-refractivity contribution in [3.8, 4) is 0 Å². The first-order valence-electron chi connectivity index (χ1n) is 15.8. The summed E-state index contributed by atoms with van der Waals surface area (Å²) in [5, 5.41) is 11.0. The van der Waals surface area contributed by atoms with Gasteiger partial charge >= 0.3 is 12.1 Å². The molecule has 0 bridgehead atoms. The summed E-state index contributed by atoms with van der Waals surface area (Å²) in [6.45, 7) is 7.66. The molecule has 12 nitrogen and oxygen atoms in total. The predicted octanol–water partition coefficient (Wildman–Crippen LogP) is 2.95. The Morgan fingerprint density at radius 3 is 2.13 bits per heavy atom. The summed E-state index contributed by atoms with van der Waals surface area (Å²) in [6, 6.07) is 15.3. The van der Waals surface area contributed by atoms with Crippen molar-refractivity contribution >= 4 is 29.8 Å². The molecule has 0 radical (unpaired) electrons. The highest BCUT2D eigenvalue weighted by atomic mass is 16.6. The van der Waals surface area contributed by atoms with Crippen LogP contribution < -0.4 is 21.3 Å². The van der Waals surface area contributed by atoms with Gasteiger partial charge in [-0.2, -0.15) is 0 Å². The SMILES string of the molecule is CCOC(=O)/C=C/[C@H](C[C@@H]1CCNC1=O)NC(=O)[C@H](Cc1ccccc1)NC(=O)[C@H](COC(C)(C)C)NC(=O)OCc1ccccc1. The molecule has 0 aliphatic carbocycles. The van der Waals surface area contributed by atoms with Gasteiger partial charge in [0.15, 0.2) is 0 Å². The molecule has 0 aromatic heterocycles. The normalized spacial score (nSPS) is 16.4. The van der Waals surface area contributed by atoms with Crippen molar-refractivity contribution in [2.45, 2.75) is 77.3 Å². The van der Waals surface area contributed by atoms with Crippen molar-refractivity contribution in [3.05, 3.63) is 83.9 Å². The number of benzene rings is 2. The number of esters is 1. The van der Waals surface area contributed by atoms with Gasteiger partial charge in [0.05, 0.1) is 18.8 Å². The van der Waals surface area contributed by atoms with Crippen LogP contribution in [-0.2, 0) is 46.4 Å². The number of hydrogen-bond donors (Lipinski definition) is 4. The van der Waals surface area contributed by atoms with Crippen LogP contribution in [0.3, 0.4) is 0 Å². The molecule has 12 heteroatoms. The lowest BCUT2D eigenvalue weighted by Gasteiger charge is -2.27. The first kappa shape index (κ1) is 36.8. The molecule has 254 valence electrons. The number of hydrogen-bond acceptors (Lipinski definition) is 8. The number of amides is 4. The first-order valence-corrected chi connectivity index (χ1v) is 15.8. The van der Waals surface area contributed by atoms with Crippen LogP contribution in [0.5, 0.6) is 0 Å². The van der Waals surface area contributed by atoms with Crippen molar-refractivity contribution in [1.82, 2.24) is 21.3 Å². The number of carbonyl (C=O) groups is 5. The Hall–Kier alpha value is -4.71. The van der Waals surface area contributed by atoms with Crippen LogP contribution >= 0.6 is 0 Å². The minimum absolute atomic E-state index is 0.0000987. The fourth-order valence-corrected chi connectivity index (χ4v) is 4.79. The van der Waals surface area contributed by atoms with Crippen LogP contribution in [0.25, 0.3) is 0 Å². The maximum atomic E-state index is 13.8. The second-order valence-electron chi connectivity index (χ2n) is 12.2. The Labute approximate surface area is 276 Å². The zero-order valence-electron chi connectivity index (χ0n) is 27.5. The molecule has 1 aliphatic rings. The van der Waals surface area contributed by atoms with Crippen molar-refractivity contribution in [3.63, 3.8) is 0 Å². The third-order valence-corrected chi connectivity index (χ3v) is 7.20. The molecule has 1 saturated heterocycles. The van der Waals surface area contributed by atoms with Crippen molar-refractivity contribution in [2.75, 3.05) is 19.8 Å². The average molecular weight is 651 g/mol. The van der Waals surface area contributed by atoms with Gasteiger partial charge in [0, 0.05) is 31.0 Å². The second-order valence-corrected chi connectivity index (χ2v) is 12.2. The van der Waals surface area contributed by atoms with Crippen molar-refractivity contribution in [1.29, 1.82) is 0 Å². The Morgan fingerprint density at radius 2 is 1.53 bits per heavy atom. The minimum Gasteiger partial charge on any atom is -0.463 e. The molecule has 4 atom stereocenters. The molecular weight excluding hydrogens is 604 g/mol. The first-order chi connectivity index (χ1) is 22.4. The van der Waals surface area contributed by atoms with Gasteiger partial charge in [0.2, 0.25) is 17.7 Å². The quantitative estimate of drug-likeness (QED) is 0.159. The highest BCUT2D eigenvalue weighted by Gasteiger charge is 2.32. The summed E-state index contributed by atoms with van der Waals surface area (Å²) in [4.78, 5) is 64.7. The molecular formula is C35H46N4O8. The largest absolute Gasteiger partial charge is 0.463 e. The summed E-state index contributed by atoms with van der Waals surface area (Å²) >= 11 is 0. The summed E-state index contributed by atoms with van der Waals surface area (Å²) in [5.41, 5.74) is 0.926. The molecule has 47 heavy (non-hydrogen) atoms. The van der Waals surface area contributed by atoms with E-state index in [1.807, 2.05) is 69.3 Å². The zero-order valence-corrected chi connectivity index (χ0v) is 27.5. The standard InChI is InChI=1S/C35H46N4O8/c1-5-45-30(40)17-16-27(21-26-18-19-36-31(26)41)37-32(42)28(20-24-12-8-6-9-13-24)38-33(43)29(23-47-35(2,3)4)39-34(44)46-22-25-14-10-7-11-15-25/h6-17,26-29H,5,18-23H2,1-4H3,(H,36,41)(H,37,42)(H,38,43)(H,39,44)/b17-16+/t26-,27+,28-,29-/m0/s1. The minimum atomic E-state index is -1.19. The van der Waals surface area contributed by atoms with Crippen LogP contribution in [-0.4, -0.2) is 73.3 Å². The fourth-order valence-electron chi connectivity index (χ4n) is 4.79. The van der Waals surface area contributed by atoms with E-state index >= 15 is 0 Å². The molecule has 4 amide bonds. The molecule has 1 heterocycles. The highest BCUT2D eigenvalue weighted by Crippen LogP contribution is 2.17. The van der Waals surface area contributed by atoms with Crippen molar-refractivity contribution < 1.29 is 38.2 Å². The Bertz CT molecular complexity index is 1360. The molecule has 4 N–H and O–H groups in total. The molecule has 1 fully saturated rings. The molecule has 0 saturated carbocycles. The van der Waals surface area contributed by atoms with E-state index in [0.717, 1.165) is 11.1 Å². The van der Waals surface area contributed by atoms with E-state index in [1.54, 1.807) is 19.1 Å². The Kier molecular flexibility index (Phi) is 14.4. The lowest BCUT2D eigenvalue weighted by molar-refractivity contribution is -0.137. The van der Waals surface area contributed by atoms with Gasteiger partial charge in [0.25, 0.3) is 0 Å². The topological polar surface area (TPSA) is 161 Å². The van der Waals surface area contributed by atoms with Crippen molar-refractivity contribution in [2.24, 2.45) is 5.92 Å². The lowest BCUT2D eigenvalue weighted by Crippen LogP contribution is -2.57. The number of ether oxygens (including phenoxy) is 3. The van der Waals surface area contributed by atoms with E-state index in [1.165, 1.54) is 12.2 Å². The van der Waals surface area contributed by atoms with Gasteiger partial charge < -0.3 is 35.5 Å². The van der Waals surface area contributed by atoms with E-state index in [2.05, 4.69) is 21.3 Å². The van der Waals surface area contributed by atoms with Gasteiger partial charge in [-0.1, -0.05) is 66.7 Å². The number of alkyl carbamates (subject to hydrolysis) is 1. The smallest absolute Gasteiger partial charge is 0.408 e. The molecule has 2 aromatic carbocycles.